The molecule has 0 bridgehead atoms. The number of hydrogen-bond acceptors (Lipinski definition) is 17. The maximum atomic E-state index is 12.2. The van der Waals surface area contributed by atoms with Gasteiger partial charge in [0.2, 0.25) is 17.8 Å². The van der Waals surface area contributed by atoms with Crippen molar-refractivity contribution < 1.29 is 53.8 Å². The first-order chi connectivity index (χ1) is 29.6. The quantitative estimate of drug-likeness (QED) is 0.0208. The van der Waals surface area contributed by atoms with E-state index in [4.69, 9.17) is 18.9 Å². The summed E-state index contributed by atoms with van der Waals surface area (Å²) in [4.78, 5) is 49.1. The molecule has 1 aromatic heterocycles. The second kappa shape index (κ2) is 21.1. The molecule has 7 N–H and O–H groups in total. The number of ether oxygens (including phenoxy) is 4. The van der Waals surface area contributed by atoms with E-state index in [0.29, 0.717) is 73.0 Å². The molecule has 6 aromatic rings. The predicted molar refractivity (Wildman–Crippen MR) is 224 cm³/mol. The van der Waals surface area contributed by atoms with Crippen molar-refractivity contribution in [2.24, 2.45) is 0 Å². The first-order valence-corrected chi connectivity index (χ1v) is 19.1. The highest BCUT2D eigenvalue weighted by Crippen LogP contribution is 2.25. The molecule has 314 valence electrons. The summed E-state index contributed by atoms with van der Waals surface area (Å²) in [5.41, 5.74) is 2.64. The van der Waals surface area contributed by atoms with Gasteiger partial charge in [0, 0.05) is 34.8 Å². The zero-order valence-corrected chi connectivity index (χ0v) is 32.6. The molecular formula is C44H42N6O11. The van der Waals surface area contributed by atoms with Crippen molar-refractivity contribution in [3.05, 3.63) is 126 Å². The fraction of sp³-hybridized carbons (Fsp3) is 0.182. The molecule has 0 saturated carbocycles. The van der Waals surface area contributed by atoms with Crippen LogP contribution in [0.15, 0.2) is 109 Å². The standard InChI is InChI=1S/C44H42N6O11/c51-27-28-5-7-31(8-6-28)45-42-48-43(46-32-9-13-38(14-10-32)58-17-1-3-19-60-40(56)29-21-34(52)25-35(53)22-29)50-44(49-42)47-33-11-15-39(16-12-33)59-18-2-4-20-61-41(57)30-23-36(54)26-37(55)24-30/h5-16,21-27,52-55H,1-4,17-20H2,(H3,45,46,47,48,49,50). The van der Waals surface area contributed by atoms with E-state index in [-0.39, 0.29) is 65.2 Å². The Bertz CT molecular complexity index is 2230. The number of nitrogens with zero attached hydrogens (tertiary/aromatic N) is 3. The lowest BCUT2D eigenvalue weighted by Crippen LogP contribution is -2.08. The number of phenolic OH excluding ortho intramolecular Hbond substituents is 4. The van der Waals surface area contributed by atoms with E-state index in [1.54, 1.807) is 72.8 Å². The minimum atomic E-state index is -0.644. The normalized spacial score (nSPS) is 10.6. The second-order valence-corrected chi connectivity index (χ2v) is 13.3. The Morgan fingerprint density at radius 2 is 0.803 bits per heavy atom. The number of esters is 2. The van der Waals surface area contributed by atoms with Crippen LogP contribution in [0, 0.1) is 0 Å². The molecule has 1 heterocycles. The second-order valence-electron chi connectivity index (χ2n) is 13.3. The van der Waals surface area contributed by atoms with Crippen LogP contribution >= 0.6 is 0 Å². The fourth-order valence-corrected chi connectivity index (χ4v) is 5.56. The molecule has 5 aromatic carbocycles. The monoisotopic (exact) mass is 830 g/mol. The van der Waals surface area contributed by atoms with Crippen molar-refractivity contribution >= 4 is 53.1 Å². The van der Waals surface area contributed by atoms with Gasteiger partial charge in [0.25, 0.3) is 0 Å². The van der Waals surface area contributed by atoms with E-state index in [1.165, 1.54) is 24.3 Å². The summed E-state index contributed by atoms with van der Waals surface area (Å²) in [6, 6.07) is 28.3. The summed E-state index contributed by atoms with van der Waals surface area (Å²) in [5, 5.41) is 47.8. The molecule has 61 heavy (non-hydrogen) atoms. The van der Waals surface area contributed by atoms with E-state index in [9.17, 15) is 34.8 Å². The largest absolute Gasteiger partial charge is 0.508 e. The van der Waals surface area contributed by atoms with Gasteiger partial charge in [-0.2, -0.15) is 15.0 Å². The van der Waals surface area contributed by atoms with Crippen LogP contribution < -0.4 is 25.4 Å². The van der Waals surface area contributed by atoms with Crippen molar-refractivity contribution in [1.82, 2.24) is 15.0 Å². The number of aldehydes is 1. The lowest BCUT2D eigenvalue weighted by Gasteiger charge is -2.13. The van der Waals surface area contributed by atoms with Crippen LogP contribution in [0.1, 0.15) is 56.8 Å². The van der Waals surface area contributed by atoms with Crippen LogP contribution in [-0.4, -0.2) is 80.0 Å². The molecular weight excluding hydrogens is 789 g/mol. The first-order valence-electron chi connectivity index (χ1n) is 19.1. The fourth-order valence-electron chi connectivity index (χ4n) is 5.56. The van der Waals surface area contributed by atoms with E-state index in [0.717, 1.165) is 18.4 Å². The Kier molecular flexibility index (Phi) is 14.7. The van der Waals surface area contributed by atoms with Gasteiger partial charge in [-0.25, -0.2) is 9.59 Å². The molecule has 0 aliphatic carbocycles. The number of nitrogens with one attached hydrogen (secondary N) is 3. The van der Waals surface area contributed by atoms with Gasteiger partial charge in [0.1, 0.15) is 40.8 Å². The van der Waals surface area contributed by atoms with E-state index < -0.39 is 11.9 Å². The van der Waals surface area contributed by atoms with Gasteiger partial charge in [0.15, 0.2) is 0 Å². The van der Waals surface area contributed by atoms with Gasteiger partial charge in [0.05, 0.1) is 37.6 Å². The molecule has 0 saturated heterocycles. The number of rotatable bonds is 21. The highest BCUT2D eigenvalue weighted by Gasteiger charge is 2.13. The smallest absolute Gasteiger partial charge is 0.338 e. The van der Waals surface area contributed by atoms with Gasteiger partial charge >= 0.3 is 11.9 Å². The summed E-state index contributed by atoms with van der Waals surface area (Å²) in [6.45, 7) is 1.05. The van der Waals surface area contributed by atoms with E-state index in [1.807, 2.05) is 0 Å². The first kappa shape index (κ1) is 42.5. The minimum absolute atomic E-state index is 0.0595. The number of carbonyl (C=O) groups is 3. The van der Waals surface area contributed by atoms with Crippen LogP contribution in [-0.2, 0) is 9.47 Å². The van der Waals surface area contributed by atoms with Crippen molar-refractivity contribution in [3.8, 4) is 34.5 Å². The van der Waals surface area contributed by atoms with Gasteiger partial charge < -0.3 is 55.3 Å². The topological polar surface area (TPSA) is 244 Å². The predicted octanol–water partition coefficient (Wildman–Crippen LogP) is 7.77. The Morgan fingerprint density at radius 1 is 0.475 bits per heavy atom. The molecule has 0 spiro atoms. The number of unbranched alkanes of at least 4 members (excludes halogenated alkanes) is 2. The Hall–Kier alpha value is -8.08. The van der Waals surface area contributed by atoms with Crippen LogP contribution in [0.25, 0.3) is 0 Å². The maximum absolute atomic E-state index is 12.2. The molecule has 0 aliphatic rings. The number of carbonyl (C=O) groups excluding carboxylic acids is 3. The third-order valence-electron chi connectivity index (χ3n) is 8.52. The summed E-state index contributed by atoms with van der Waals surface area (Å²) in [5.74, 6) is -0.260. The summed E-state index contributed by atoms with van der Waals surface area (Å²) < 4.78 is 22.1. The lowest BCUT2D eigenvalue weighted by atomic mass is 10.2. The number of phenols is 4. The van der Waals surface area contributed by atoms with Crippen molar-refractivity contribution in [2.75, 3.05) is 42.4 Å². The third-order valence-corrected chi connectivity index (χ3v) is 8.52. The van der Waals surface area contributed by atoms with Crippen molar-refractivity contribution in [1.29, 1.82) is 0 Å². The number of benzene rings is 5. The molecule has 0 radical (unpaired) electrons. The Balaban J connectivity index is 0.987. The maximum Gasteiger partial charge on any atom is 0.338 e. The zero-order valence-electron chi connectivity index (χ0n) is 32.6. The molecule has 0 fully saturated rings. The van der Waals surface area contributed by atoms with Gasteiger partial charge in [-0.3, -0.25) is 4.79 Å². The van der Waals surface area contributed by atoms with Crippen LogP contribution in [0.4, 0.5) is 34.9 Å². The molecule has 0 atom stereocenters. The number of anilines is 6. The summed E-state index contributed by atoms with van der Waals surface area (Å²) >= 11 is 0. The third kappa shape index (κ3) is 13.5. The van der Waals surface area contributed by atoms with E-state index >= 15 is 0 Å². The van der Waals surface area contributed by atoms with Crippen LogP contribution in [0.3, 0.4) is 0 Å². The minimum Gasteiger partial charge on any atom is -0.508 e. The molecule has 0 unspecified atom stereocenters. The average Bonchev–Trinajstić information content (AvgIpc) is 3.24. The van der Waals surface area contributed by atoms with Crippen LogP contribution in [0.2, 0.25) is 0 Å². The number of aromatic hydroxyl groups is 4. The zero-order chi connectivity index (χ0) is 43.0. The lowest BCUT2D eigenvalue weighted by molar-refractivity contribution is 0.0484. The molecule has 0 amide bonds. The van der Waals surface area contributed by atoms with Crippen LogP contribution in [0.5, 0.6) is 34.5 Å². The summed E-state index contributed by atoms with van der Waals surface area (Å²) in [6.07, 6.45) is 3.07. The SMILES string of the molecule is O=Cc1ccc(Nc2nc(Nc3ccc(OCCCCOC(=O)c4cc(O)cc(O)c4)cc3)nc(Nc3ccc(OCCCCOC(=O)c4cc(O)cc(O)c4)cc3)n2)cc1. The number of aromatic nitrogens is 3. The molecule has 17 nitrogen and oxygen atoms in total. The number of hydrogen-bond donors (Lipinski definition) is 7. The van der Waals surface area contributed by atoms with Crippen molar-refractivity contribution in [3.63, 3.8) is 0 Å². The van der Waals surface area contributed by atoms with Crippen molar-refractivity contribution in [2.45, 2.75) is 25.7 Å². The van der Waals surface area contributed by atoms with E-state index in [2.05, 4.69) is 30.9 Å². The Morgan fingerprint density at radius 3 is 1.15 bits per heavy atom. The average molecular weight is 831 g/mol. The molecule has 17 heteroatoms. The Labute approximate surface area is 349 Å². The van der Waals surface area contributed by atoms with Gasteiger partial charge in [-0.15, -0.1) is 0 Å². The van der Waals surface area contributed by atoms with Gasteiger partial charge in [-0.05, 0) is 123 Å². The molecule has 6 rings (SSSR count). The highest BCUT2D eigenvalue weighted by molar-refractivity contribution is 5.91. The highest BCUT2D eigenvalue weighted by atomic mass is 16.5. The van der Waals surface area contributed by atoms with Gasteiger partial charge in [-0.1, -0.05) is 0 Å². The summed E-state index contributed by atoms with van der Waals surface area (Å²) in [7, 11) is 0. The molecule has 0 aliphatic heterocycles.